The van der Waals surface area contributed by atoms with E-state index in [1.54, 1.807) is 0 Å². The fraction of sp³-hybridized carbons (Fsp3) is 0. The highest BCUT2D eigenvalue weighted by molar-refractivity contribution is 6.15. The van der Waals surface area contributed by atoms with Gasteiger partial charge in [0.05, 0.1) is 0 Å². The van der Waals surface area contributed by atoms with Crippen molar-refractivity contribution >= 4 is 43.9 Å². The van der Waals surface area contributed by atoms with Crippen LogP contribution in [0.25, 0.3) is 88.4 Å². The third kappa shape index (κ3) is 4.11. The second-order valence-electron chi connectivity index (χ2n) is 11.4. The lowest BCUT2D eigenvalue weighted by Gasteiger charge is -2.06. The molecule has 206 valence electrons. The Morgan fingerprint density at radius 3 is 1.05 bits per heavy atom. The topological polar surface area (TPSA) is 26.3 Å². The second kappa shape index (κ2) is 9.86. The zero-order valence-corrected chi connectivity index (χ0v) is 23.8. The van der Waals surface area contributed by atoms with Crippen LogP contribution in [0, 0.1) is 0 Å². The fourth-order valence-electron chi connectivity index (χ4n) is 6.42. The first-order chi connectivity index (χ1) is 21.8. The number of benzene rings is 7. The lowest BCUT2D eigenvalue weighted by molar-refractivity contribution is 0.656. The Morgan fingerprint density at radius 1 is 0.227 bits per heavy atom. The van der Waals surface area contributed by atoms with Crippen LogP contribution in [0.1, 0.15) is 0 Å². The van der Waals surface area contributed by atoms with Gasteiger partial charge in [0.25, 0.3) is 0 Å². The third-order valence-electron chi connectivity index (χ3n) is 8.67. The summed E-state index contributed by atoms with van der Waals surface area (Å²) in [6.07, 6.45) is 0. The Balaban J connectivity index is 1.10. The van der Waals surface area contributed by atoms with E-state index >= 15 is 0 Å². The molecule has 2 aromatic heterocycles. The molecule has 0 saturated heterocycles. The van der Waals surface area contributed by atoms with Crippen LogP contribution in [0.15, 0.2) is 167 Å². The summed E-state index contributed by atoms with van der Waals surface area (Å²) < 4.78 is 12.8. The summed E-state index contributed by atoms with van der Waals surface area (Å²) in [5.74, 6) is 0. The van der Waals surface area contributed by atoms with Crippen LogP contribution in [-0.2, 0) is 0 Å². The highest BCUT2D eigenvalue weighted by Gasteiger charge is 2.15. The first kappa shape index (κ1) is 24.7. The molecule has 9 rings (SSSR count). The molecule has 0 spiro atoms. The van der Waals surface area contributed by atoms with E-state index in [1.165, 1.54) is 33.4 Å². The summed E-state index contributed by atoms with van der Waals surface area (Å²) in [7, 11) is 0. The summed E-state index contributed by atoms with van der Waals surface area (Å²) in [5.41, 5.74) is 12.8. The Hall–Kier alpha value is -5.86. The molecule has 0 aliphatic carbocycles. The van der Waals surface area contributed by atoms with E-state index in [0.29, 0.717) is 0 Å². The lowest BCUT2D eigenvalue weighted by Crippen LogP contribution is -1.81. The normalized spacial score (nSPS) is 11.6. The minimum absolute atomic E-state index is 0.831. The molecule has 2 heterocycles. The molecule has 0 aliphatic heterocycles. The zero-order chi connectivity index (χ0) is 29.0. The summed E-state index contributed by atoms with van der Waals surface area (Å²) in [6, 6.07) is 55.6. The Morgan fingerprint density at radius 2 is 0.591 bits per heavy atom. The van der Waals surface area contributed by atoms with E-state index in [1.807, 2.05) is 18.2 Å². The third-order valence-corrected chi connectivity index (χ3v) is 8.67. The molecule has 0 fully saturated rings. The van der Waals surface area contributed by atoms with Crippen molar-refractivity contribution in [1.82, 2.24) is 0 Å². The van der Waals surface area contributed by atoms with Gasteiger partial charge in [0.2, 0.25) is 0 Å². The van der Waals surface area contributed by atoms with Crippen LogP contribution in [0.3, 0.4) is 0 Å². The van der Waals surface area contributed by atoms with Gasteiger partial charge in [-0.15, -0.1) is 0 Å². The first-order valence-corrected chi connectivity index (χ1v) is 14.9. The van der Waals surface area contributed by atoms with E-state index in [9.17, 15) is 0 Å². The van der Waals surface area contributed by atoms with Gasteiger partial charge in [-0.3, -0.25) is 0 Å². The van der Waals surface area contributed by atoms with Gasteiger partial charge in [-0.1, -0.05) is 109 Å². The van der Waals surface area contributed by atoms with Crippen molar-refractivity contribution in [3.05, 3.63) is 158 Å². The van der Waals surface area contributed by atoms with Crippen LogP contribution in [0.2, 0.25) is 0 Å². The predicted octanol–water partition coefficient (Wildman–Crippen LogP) is 12.2. The minimum Gasteiger partial charge on any atom is -0.456 e. The number of fused-ring (bicyclic) bond motifs is 6. The SMILES string of the molecule is c1ccc(-c2cccc(-c3ccc4c(c3)oc3cc5oc6cc(-c7cccc(-c8ccccc8)c7)ccc6c5cc34)c2)cc1. The van der Waals surface area contributed by atoms with Crippen LogP contribution in [0.4, 0.5) is 0 Å². The van der Waals surface area contributed by atoms with Crippen molar-refractivity contribution in [2.45, 2.75) is 0 Å². The van der Waals surface area contributed by atoms with E-state index in [2.05, 4.69) is 140 Å². The highest BCUT2D eigenvalue weighted by Crippen LogP contribution is 2.39. The Labute approximate surface area is 254 Å². The van der Waals surface area contributed by atoms with E-state index in [4.69, 9.17) is 8.83 Å². The Kier molecular flexibility index (Phi) is 5.54. The summed E-state index contributed by atoms with van der Waals surface area (Å²) in [6.45, 7) is 0. The fourth-order valence-corrected chi connectivity index (χ4v) is 6.42. The average Bonchev–Trinajstić information content (AvgIpc) is 3.64. The molecule has 0 N–H and O–H groups in total. The van der Waals surface area contributed by atoms with Gasteiger partial charge in [0.1, 0.15) is 22.3 Å². The van der Waals surface area contributed by atoms with Gasteiger partial charge in [0.15, 0.2) is 0 Å². The van der Waals surface area contributed by atoms with Gasteiger partial charge >= 0.3 is 0 Å². The second-order valence-corrected chi connectivity index (χ2v) is 11.4. The van der Waals surface area contributed by atoms with Crippen molar-refractivity contribution in [2.24, 2.45) is 0 Å². The molecule has 0 radical (unpaired) electrons. The van der Waals surface area contributed by atoms with Crippen molar-refractivity contribution in [3.63, 3.8) is 0 Å². The average molecular weight is 563 g/mol. The molecule has 0 bridgehead atoms. The van der Waals surface area contributed by atoms with Gasteiger partial charge in [0, 0.05) is 27.6 Å². The zero-order valence-electron chi connectivity index (χ0n) is 23.8. The Bertz CT molecular complexity index is 2310. The summed E-state index contributed by atoms with van der Waals surface area (Å²) >= 11 is 0. The number of hydrogen-bond donors (Lipinski definition) is 0. The monoisotopic (exact) mass is 562 g/mol. The number of rotatable bonds is 4. The highest BCUT2D eigenvalue weighted by atomic mass is 16.3. The molecule has 7 aromatic carbocycles. The summed E-state index contributed by atoms with van der Waals surface area (Å²) in [4.78, 5) is 0. The quantitative estimate of drug-likeness (QED) is 0.213. The standard InChI is InChI=1S/C42H26O2/c1-3-9-27(10-4-1)29-13-7-15-31(21-29)33-17-19-35-37-25-38-36-20-18-34(24-40(36)44-42(38)26-41(37)43-39(35)23-33)32-16-8-14-30(22-32)28-11-5-2-6-12-28/h1-26H. The van der Waals surface area contributed by atoms with E-state index in [0.717, 1.165) is 55.0 Å². The smallest absolute Gasteiger partial charge is 0.139 e. The molecule has 0 amide bonds. The van der Waals surface area contributed by atoms with Gasteiger partial charge in [-0.2, -0.15) is 0 Å². The molecule has 0 atom stereocenters. The molecule has 0 saturated carbocycles. The van der Waals surface area contributed by atoms with Crippen LogP contribution in [-0.4, -0.2) is 0 Å². The minimum atomic E-state index is 0.831. The van der Waals surface area contributed by atoms with Crippen molar-refractivity contribution in [2.75, 3.05) is 0 Å². The molecular formula is C42H26O2. The largest absolute Gasteiger partial charge is 0.456 e. The number of hydrogen-bond acceptors (Lipinski definition) is 2. The van der Waals surface area contributed by atoms with Crippen molar-refractivity contribution in [3.8, 4) is 44.5 Å². The van der Waals surface area contributed by atoms with E-state index in [-0.39, 0.29) is 0 Å². The molecule has 2 nitrogen and oxygen atoms in total. The summed E-state index contributed by atoms with van der Waals surface area (Å²) in [5, 5.41) is 4.40. The maximum absolute atomic E-state index is 6.42. The lowest BCUT2D eigenvalue weighted by atomic mass is 9.98. The maximum Gasteiger partial charge on any atom is 0.139 e. The van der Waals surface area contributed by atoms with Crippen LogP contribution < -0.4 is 0 Å². The van der Waals surface area contributed by atoms with Gasteiger partial charge in [-0.25, -0.2) is 0 Å². The van der Waals surface area contributed by atoms with Crippen LogP contribution >= 0.6 is 0 Å². The van der Waals surface area contributed by atoms with E-state index < -0.39 is 0 Å². The number of furan rings is 2. The van der Waals surface area contributed by atoms with Crippen molar-refractivity contribution in [1.29, 1.82) is 0 Å². The molecular weight excluding hydrogens is 536 g/mol. The molecule has 2 heteroatoms. The first-order valence-electron chi connectivity index (χ1n) is 14.9. The van der Waals surface area contributed by atoms with Crippen LogP contribution in [0.5, 0.6) is 0 Å². The van der Waals surface area contributed by atoms with Gasteiger partial charge in [-0.05, 0) is 87.0 Å². The molecule has 9 aromatic rings. The van der Waals surface area contributed by atoms with Crippen molar-refractivity contribution < 1.29 is 8.83 Å². The predicted molar refractivity (Wildman–Crippen MR) is 183 cm³/mol. The van der Waals surface area contributed by atoms with Gasteiger partial charge < -0.3 is 8.83 Å². The molecule has 0 unspecified atom stereocenters. The molecule has 0 aliphatic rings. The molecule has 44 heavy (non-hydrogen) atoms. The maximum atomic E-state index is 6.42.